The maximum Gasteiger partial charge on any atom is 0.154 e. The predicted molar refractivity (Wildman–Crippen MR) is 50.3 cm³/mol. The Kier molecular flexibility index (Phi) is 2.07. The van der Waals surface area contributed by atoms with Crippen molar-refractivity contribution in [2.45, 2.75) is 38.1 Å². The van der Waals surface area contributed by atoms with Crippen molar-refractivity contribution < 1.29 is 0 Å². The van der Waals surface area contributed by atoms with Crippen LogP contribution in [0.5, 0.6) is 0 Å². The molecule has 4 nitrogen and oxygen atoms in total. The van der Waals surface area contributed by atoms with E-state index in [1.165, 1.54) is 12.8 Å². The molecule has 0 amide bonds. The maximum atomic E-state index is 5.71. The van der Waals surface area contributed by atoms with Crippen LogP contribution in [0, 0.1) is 0 Å². The monoisotopic (exact) mass is 180 g/mol. The molecule has 1 aliphatic carbocycles. The molecule has 1 saturated carbocycles. The van der Waals surface area contributed by atoms with Crippen molar-refractivity contribution >= 4 is 0 Å². The van der Waals surface area contributed by atoms with Crippen LogP contribution in [0.1, 0.15) is 37.3 Å². The van der Waals surface area contributed by atoms with Gasteiger partial charge in [-0.25, -0.2) is 4.98 Å². The first-order valence-electron chi connectivity index (χ1n) is 4.82. The molecule has 2 N–H and O–H groups in total. The SMILES string of the molecule is CC(N)Cc1nc(C2CC2)nn1C. The minimum Gasteiger partial charge on any atom is -0.328 e. The molecule has 1 aromatic heterocycles. The van der Waals surface area contributed by atoms with E-state index in [2.05, 4.69) is 10.1 Å². The molecule has 1 aromatic rings. The summed E-state index contributed by atoms with van der Waals surface area (Å²) in [5, 5.41) is 4.38. The zero-order chi connectivity index (χ0) is 9.42. The lowest BCUT2D eigenvalue weighted by Crippen LogP contribution is -2.20. The molecular formula is C9H16N4. The highest BCUT2D eigenvalue weighted by Gasteiger charge is 2.28. The summed E-state index contributed by atoms with van der Waals surface area (Å²) in [7, 11) is 1.94. The molecule has 1 fully saturated rings. The molecule has 4 heteroatoms. The lowest BCUT2D eigenvalue weighted by molar-refractivity contribution is 0.637. The van der Waals surface area contributed by atoms with Crippen LogP contribution in [-0.4, -0.2) is 20.8 Å². The number of nitrogens with two attached hydrogens (primary N) is 1. The fourth-order valence-electron chi connectivity index (χ4n) is 1.42. The Balaban J connectivity index is 2.15. The van der Waals surface area contributed by atoms with E-state index in [-0.39, 0.29) is 6.04 Å². The van der Waals surface area contributed by atoms with Crippen molar-refractivity contribution in [3.63, 3.8) is 0 Å². The molecule has 0 bridgehead atoms. The minimum absolute atomic E-state index is 0.162. The summed E-state index contributed by atoms with van der Waals surface area (Å²) in [4.78, 5) is 4.48. The van der Waals surface area contributed by atoms with Crippen LogP contribution in [0.15, 0.2) is 0 Å². The molecule has 1 atom stereocenters. The number of hydrogen-bond acceptors (Lipinski definition) is 3. The van der Waals surface area contributed by atoms with Gasteiger partial charge in [0.15, 0.2) is 5.82 Å². The Morgan fingerprint density at radius 2 is 2.31 bits per heavy atom. The maximum absolute atomic E-state index is 5.71. The summed E-state index contributed by atoms with van der Waals surface area (Å²) in [6.07, 6.45) is 3.32. The van der Waals surface area contributed by atoms with E-state index in [0.717, 1.165) is 18.1 Å². The van der Waals surface area contributed by atoms with Crippen LogP contribution in [-0.2, 0) is 13.5 Å². The van der Waals surface area contributed by atoms with E-state index < -0.39 is 0 Å². The Bertz CT molecular complexity index is 299. The van der Waals surface area contributed by atoms with E-state index in [0.29, 0.717) is 5.92 Å². The van der Waals surface area contributed by atoms with Gasteiger partial charge in [-0.2, -0.15) is 5.10 Å². The third-order valence-corrected chi connectivity index (χ3v) is 2.32. The van der Waals surface area contributed by atoms with Crippen molar-refractivity contribution in [1.29, 1.82) is 0 Å². The van der Waals surface area contributed by atoms with Gasteiger partial charge in [0, 0.05) is 25.4 Å². The molecule has 0 spiro atoms. The average molecular weight is 180 g/mol. The van der Waals surface area contributed by atoms with Gasteiger partial charge >= 0.3 is 0 Å². The number of aromatic nitrogens is 3. The van der Waals surface area contributed by atoms with E-state index in [1.807, 2.05) is 18.7 Å². The summed E-state index contributed by atoms with van der Waals surface area (Å²) < 4.78 is 1.86. The normalized spacial score (nSPS) is 19.0. The summed E-state index contributed by atoms with van der Waals surface area (Å²) in [6, 6.07) is 0.162. The fourth-order valence-corrected chi connectivity index (χ4v) is 1.42. The zero-order valence-corrected chi connectivity index (χ0v) is 8.20. The molecule has 1 unspecified atom stereocenters. The first-order chi connectivity index (χ1) is 6.16. The number of nitrogens with zero attached hydrogens (tertiary/aromatic N) is 3. The van der Waals surface area contributed by atoms with Gasteiger partial charge in [-0.05, 0) is 19.8 Å². The molecule has 0 aromatic carbocycles. The van der Waals surface area contributed by atoms with E-state index in [1.54, 1.807) is 0 Å². The second-order valence-corrected chi connectivity index (χ2v) is 3.97. The van der Waals surface area contributed by atoms with Gasteiger partial charge < -0.3 is 5.73 Å². The summed E-state index contributed by atoms with van der Waals surface area (Å²) in [5.41, 5.74) is 5.71. The van der Waals surface area contributed by atoms with Crippen LogP contribution in [0.2, 0.25) is 0 Å². The summed E-state index contributed by atoms with van der Waals surface area (Å²) >= 11 is 0. The van der Waals surface area contributed by atoms with E-state index >= 15 is 0 Å². The molecular weight excluding hydrogens is 164 g/mol. The number of rotatable bonds is 3. The van der Waals surface area contributed by atoms with Gasteiger partial charge in [0.2, 0.25) is 0 Å². The first-order valence-corrected chi connectivity index (χ1v) is 4.82. The van der Waals surface area contributed by atoms with Crippen LogP contribution in [0.3, 0.4) is 0 Å². The molecule has 0 radical (unpaired) electrons. The Labute approximate surface area is 78.1 Å². The fraction of sp³-hybridized carbons (Fsp3) is 0.778. The van der Waals surface area contributed by atoms with Gasteiger partial charge in [-0.1, -0.05) is 0 Å². The topological polar surface area (TPSA) is 56.7 Å². The van der Waals surface area contributed by atoms with Crippen LogP contribution < -0.4 is 5.73 Å². The zero-order valence-electron chi connectivity index (χ0n) is 8.20. The average Bonchev–Trinajstić information content (AvgIpc) is 2.79. The van der Waals surface area contributed by atoms with Crippen LogP contribution in [0.25, 0.3) is 0 Å². The van der Waals surface area contributed by atoms with Crippen molar-refractivity contribution in [1.82, 2.24) is 14.8 Å². The van der Waals surface area contributed by atoms with Crippen LogP contribution >= 0.6 is 0 Å². The molecule has 72 valence electrons. The quantitative estimate of drug-likeness (QED) is 0.740. The molecule has 2 rings (SSSR count). The number of aryl methyl sites for hydroxylation is 1. The number of hydrogen-bond donors (Lipinski definition) is 1. The van der Waals surface area contributed by atoms with E-state index in [4.69, 9.17) is 5.73 Å². The third-order valence-electron chi connectivity index (χ3n) is 2.32. The molecule has 0 saturated heterocycles. The van der Waals surface area contributed by atoms with Crippen LogP contribution in [0.4, 0.5) is 0 Å². The summed E-state index contributed by atoms with van der Waals surface area (Å²) in [5.74, 6) is 2.66. The molecule has 0 aliphatic heterocycles. The smallest absolute Gasteiger partial charge is 0.154 e. The Morgan fingerprint density at radius 3 is 2.85 bits per heavy atom. The Morgan fingerprint density at radius 1 is 1.62 bits per heavy atom. The van der Waals surface area contributed by atoms with Gasteiger partial charge in [-0.3, -0.25) is 4.68 Å². The third kappa shape index (κ3) is 1.88. The largest absolute Gasteiger partial charge is 0.328 e. The highest BCUT2D eigenvalue weighted by molar-refractivity contribution is 5.06. The lowest BCUT2D eigenvalue weighted by atomic mass is 10.2. The molecule has 1 heterocycles. The predicted octanol–water partition coefficient (Wildman–Crippen LogP) is 0.582. The van der Waals surface area contributed by atoms with Crippen molar-refractivity contribution in [3.8, 4) is 0 Å². The van der Waals surface area contributed by atoms with Crippen molar-refractivity contribution in [2.24, 2.45) is 12.8 Å². The van der Waals surface area contributed by atoms with Gasteiger partial charge in [-0.15, -0.1) is 0 Å². The highest BCUT2D eigenvalue weighted by Crippen LogP contribution is 2.37. The van der Waals surface area contributed by atoms with Gasteiger partial charge in [0.25, 0.3) is 0 Å². The molecule has 1 aliphatic rings. The standard InChI is InChI=1S/C9H16N4/c1-6(10)5-8-11-9(7-3-4-7)12-13(8)2/h6-7H,3-5,10H2,1-2H3. The highest BCUT2D eigenvalue weighted by atomic mass is 15.3. The van der Waals surface area contributed by atoms with Crippen molar-refractivity contribution in [3.05, 3.63) is 11.6 Å². The summed E-state index contributed by atoms with van der Waals surface area (Å²) in [6.45, 7) is 1.99. The minimum atomic E-state index is 0.162. The Hall–Kier alpha value is -0.900. The first kappa shape index (κ1) is 8.69. The molecule has 13 heavy (non-hydrogen) atoms. The second-order valence-electron chi connectivity index (χ2n) is 3.97. The van der Waals surface area contributed by atoms with Gasteiger partial charge in [0.1, 0.15) is 5.82 Å². The van der Waals surface area contributed by atoms with Gasteiger partial charge in [0.05, 0.1) is 0 Å². The van der Waals surface area contributed by atoms with E-state index in [9.17, 15) is 0 Å². The second kappa shape index (κ2) is 3.10. The lowest BCUT2D eigenvalue weighted by Gasteiger charge is -2.02. The van der Waals surface area contributed by atoms with Crippen molar-refractivity contribution in [2.75, 3.05) is 0 Å².